The number of amides is 2. The second-order valence-corrected chi connectivity index (χ2v) is 30.0. The molecular weight excluding hydrogens is 1440 g/mol. The number of benzene rings is 6. The summed E-state index contributed by atoms with van der Waals surface area (Å²) in [6, 6.07) is 49.5. The summed E-state index contributed by atoms with van der Waals surface area (Å²) in [7, 11) is -3.57. The highest BCUT2D eigenvalue weighted by Gasteiger charge is 2.49. The maximum atomic E-state index is 15.8. The molecule has 2 amide bonds. The van der Waals surface area contributed by atoms with Crippen LogP contribution in [-0.4, -0.2) is 142 Å². The summed E-state index contributed by atoms with van der Waals surface area (Å²) in [4.78, 5) is 82.2. The molecule has 3 aliphatic rings. The Morgan fingerprint density at radius 3 is 1.99 bits per heavy atom. The van der Waals surface area contributed by atoms with E-state index in [1.807, 2.05) is 135 Å². The van der Waals surface area contributed by atoms with Crippen LogP contribution in [0.2, 0.25) is 0 Å². The lowest BCUT2D eigenvalue weighted by Gasteiger charge is -2.37. The molecule has 12 rings (SSSR count). The van der Waals surface area contributed by atoms with Crippen molar-refractivity contribution in [1.29, 1.82) is 5.26 Å². The molecule has 2 aliphatic heterocycles. The number of methoxy groups -OCH3 is 2. The highest BCUT2D eigenvalue weighted by molar-refractivity contribution is 7.48. The second-order valence-electron chi connectivity index (χ2n) is 27.0. The number of ether oxygens (including phenoxy) is 6. The standard InChI is InChI=1S/C79H89N11O17P2/c1-50(2)90(51(3)4)108(101-39-16-37-80)106-65-41-70(88-44-52(5)76(93)87-78(88)95)105-68(65)47-103-109(96,102-40-38-81)107-66-42-71(104-67(66)46-100-79(55-17-9-8-10-18-55,56-29-33-58(97-6)34-30-56)57-31-35-59(98-7)36-32-57)89-49-85-73-74(83-48-84-75(73)89)86-77(94)54-27-25-53(26-28-54)43-82-69(91)23-15-24-72(92)99-45-64-62-21-13-11-19-60(62)61-20-12-14-22-63(61)64/h8-14,17-22,25-36,44,48-51,64-68,70-71H,15-16,23-24,38-43,45-47,81H2,1-7H3,(H,82,91)(H,87,93,95)(H,83,84,86,94)/t65?,66?,67-,68-,70?,71-,108?,109?/m1/s1. The van der Waals surface area contributed by atoms with Gasteiger partial charge >= 0.3 is 19.5 Å². The molecule has 3 aromatic heterocycles. The van der Waals surface area contributed by atoms with Crippen LogP contribution in [0.5, 0.6) is 11.5 Å². The molecule has 9 aromatic rings. The van der Waals surface area contributed by atoms with Gasteiger partial charge in [-0.3, -0.25) is 46.9 Å². The van der Waals surface area contributed by atoms with Crippen LogP contribution in [0.15, 0.2) is 180 Å². The zero-order chi connectivity index (χ0) is 76.8. The number of aromatic amines is 1. The predicted molar refractivity (Wildman–Crippen MR) is 405 cm³/mol. The summed E-state index contributed by atoms with van der Waals surface area (Å²) >= 11 is 0. The Morgan fingerprint density at radius 2 is 1.36 bits per heavy atom. The molecule has 109 heavy (non-hydrogen) atoms. The van der Waals surface area contributed by atoms with E-state index in [-0.39, 0.29) is 130 Å². The molecule has 1 aliphatic carbocycles. The topological polar surface area (TPSA) is 345 Å². The number of nitrogens with zero attached hydrogens (tertiary/aromatic N) is 7. The van der Waals surface area contributed by atoms with Crippen molar-refractivity contribution in [2.24, 2.45) is 5.73 Å². The average molecular weight is 1530 g/mol. The number of imidazole rings is 1. The van der Waals surface area contributed by atoms with Gasteiger partial charge in [-0.25, -0.2) is 29.0 Å². The fourth-order valence-electron chi connectivity index (χ4n) is 13.8. The first-order valence-corrected chi connectivity index (χ1v) is 38.7. The molecule has 0 saturated carbocycles. The molecule has 30 heteroatoms. The molecule has 2 saturated heterocycles. The third-order valence-corrected chi connectivity index (χ3v) is 22.8. The van der Waals surface area contributed by atoms with E-state index in [0.717, 1.165) is 33.4 Å². The highest BCUT2D eigenvalue weighted by Crippen LogP contribution is 2.56. The van der Waals surface area contributed by atoms with Crippen molar-refractivity contribution < 1.29 is 70.0 Å². The number of phosphoric ester groups is 1. The van der Waals surface area contributed by atoms with Crippen LogP contribution in [-0.2, 0) is 67.9 Å². The van der Waals surface area contributed by atoms with Crippen LogP contribution in [0.3, 0.4) is 0 Å². The fraction of sp³-hybridized carbons (Fsp3) is 0.380. The maximum absolute atomic E-state index is 15.8. The van der Waals surface area contributed by atoms with E-state index < -0.39 is 82.6 Å². The summed E-state index contributed by atoms with van der Waals surface area (Å²) in [6.07, 6.45) is -1.63. The number of nitrogens with one attached hydrogen (secondary N) is 3. The molecule has 0 bridgehead atoms. The largest absolute Gasteiger partial charge is 0.497 e. The Kier molecular flexibility index (Phi) is 26.2. The number of fused-ring (bicyclic) bond motifs is 4. The third-order valence-electron chi connectivity index (χ3n) is 19.1. The third kappa shape index (κ3) is 18.5. The molecule has 0 radical (unpaired) electrons. The molecular formula is C79H89N11O17P2. The molecule has 6 aromatic carbocycles. The van der Waals surface area contributed by atoms with Gasteiger partial charge in [0.25, 0.3) is 20.0 Å². The van der Waals surface area contributed by atoms with Crippen LogP contribution < -0.4 is 37.1 Å². The van der Waals surface area contributed by atoms with E-state index >= 15 is 4.57 Å². The maximum Gasteiger partial charge on any atom is 0.475 e. The summed E-state index contributed by atoms with van der Waals surface area (Å²) in [5.74, 6) is 0.0964. The van der Waals surface area contributed by atoms with Gasteiger partial charge in [0.15, 0.2) is 17.0 Å². The number of hydrogen-bond acceptors (Lipinski definition) is 23. The molecule has 5 heterocycles. The number of carbonyl (C=O) groups is 3. The van der Waals surface area contributed by atoms with Gasteiger partial charge in [-0.05, 0) is 122 Å². The SMILES string of the molecule is COc1ccc(C(OC[C@H]2O[C@@H](n3cnc4c(NC(=O)c5ccc(CNC(=O)CCCC(=O)OCC6c7ccccc7-c7ccccc76)cc5)ncnc43)CC2OP(=O)(OCCN)OC[C@H]2OC(n3cc(C)c(=O)[nH]c3=O)CC2OP(OCCC#N)N(C(C)C)C(C)C)(c2ccccc2)c2ccc(OC)cc2)cc1. The first-order valence-electron chi connectivity index (χ1n) is 36.1. The number of anilines is 1. The van der Waals surface area contributed by atoms with E-state index in [2.05, 4.69) is 55.9 Å². The number of aromatic nitrogens is 6. The first-order chi connectivity index (χ1) is 52.8. The normalized spacial score (nSPS) is 18.5. The number of hydrogen-bond donors (Lipinski definition) is 4. The van der Waals surface area contributed by atoms with Gasteiger partial charge in [-0.15, -0.1) is 0 Å². The van der Waals surface area contributed by atoms with Crippen molar-refractivity contribution in [3.63, 3.8) is 0 Å². The Labute approximate surface area is 632 Å². The Bertz CT molecular complexity index is 4730. The monoisotopic (exact) mass is 1530 g/mol. The molecule has 572 valence electrons. The first kappa shape index (κ1) is 78.9. The Hall–Kier alpha value is -9.69. The van der Waals surface area contributed by atoms with Crippen molar-refractivity contribution in [1.82, 2.24) is 39.1 Å². The van der Waals surface area contributed by atoms with Gasteiger partial charge in [0, 0.05) is 74.1 Å². The molecule has 5 unspecified atom stereocenters. The number of rotatable bonds is 36. The van der Waals surface area contributed by atoms with Gasteiger partial charge < -0.3 is 53.8 Å². The summed E-state index contributed by atoms with van der Waals surface area (Å²) in [6.45, 7) is 8.78. The minimum Gasteiger partial charge on any atom is -0.497 e. The van der Waals surface area contributed by atoms with Crippen molar-refractivity contribution in [2.75, 3.05) is 59.1 Å². The number of phosphoric acid groups is 1. The van der Waals surface area contributed by atoms with E-state index in [1.54, 1.807) is 50.0 Å². The summed E-state index contributed by atoms with van der Waals surface area (Å²) in [5, 5.41) is 15.3. The molecule has 28 nitrogen and oxygen atoms in total. The van der Waals surface area contributed by atoms with Crippen LogP contribution >= 0.6 is 16.3 Å². The average Bonchev–Trinajstić information content (AvgIpc) is 1.72. The predicted octanol–water partition coefficient (Wildman–Crippen LogP) is 11.8. The van der Waals surface area contributed by atoms with Gasteiger partial charge in [0.2, 0.25) is 5.91 Å². The zero-order valence-corrected chi connectivity index (χ0v) is 63.4. The number of aryl methyl sites for hydroxylation is 1. The summed E-state index contributed by atoms with van der Waals surface area (Å²) in [5.41, 5.74) is 11.8. The zero-order valence-electron chi connectivity index (χ0n) is 61.6. The van der Waals surface area contributed by atoms with E-state index in [9.17, 15) is 29.2 Å². The molecule has 0 spiro atoms. The number of nitriles is 1. The molecule has 5 N–H and O–H groups in total. The lowest BCUT2D eigenvalue weighted by Crippen LogP contribution is -2.38. The van der Waals surface area contributed by atoms with Crippen molar-refractivity contribution in [3.05, 3.63) is 236 Å². The van der Waals surface area contributed by atoms with Gasteiger partial charge in [-0.1, -0.05) is 115 Å². The lowest BCUT2D eigenvalue weighted by molar-refractivity contribution is -0.144. The highest BCUT2D eigenvalue weighted by atomic mass is 31.2. The molecule has 8 atom stereocenters. The van der Waals surface area contributed by atoms with Gasteiger partial charge in [0.1, 0.15) is 60.8 Å². The van der Waals surface area contributed by atoms with Crippen LogP contribution in [0, 0.1) is 18.3 Å². The fourth-order valence-corrected chi connectivity index (χ4v) is 17.0. The minimum absolute atomic E-state index is 0.0324. The van der Waals surface area contributed by atoms with E-state index in [0.29, 0.717) is 29.0 Å². The van der Waals surface area contributed by atoms with Crippen molar-refractivity contribution in [2.45, 2.75) is 140 Å². The van der Waals surface area contributed by atoms with E-state index in [4.69, 9.17) is 61.8 Å². The number of nitrogens with two attached hydrogens (primary N) is 1. The van der Waals surface area contributed by atoms with Crippen LogP contribution in [0.1, 0.15) is 134 Å². The Morgan fingerprint density at radius 1 is 0.743 bits per heavy atom. The van der Waals surface area contributed by atoms with Gasteiger partial charge in [0.05, 0.1) is 65.6 Å². The van der Waals surface area contributed by atoms with E-state index in [1.165, 1.54) is 23.4 Å². The Balaban J connectivity index is 0.779. The molecule has 2 fully saturated rings. The second kappa shape index (κ2) is 36.2. The summed E-state index contributed by atoms with van der Waals surface area (Å²) < 4.78 is 91.1. The van der Waals surface area contributed by atoms with Crippen LogP contribution in [0.25, 0.3) is 22.3 Å². The van der Waals surface area contributed by atoms with Gasteiger partial charge in [-0.2, -0.15) is 5.26 Å². The number of esters is 1. The number of H-pyrrole nitrogens is 1. The number of carbonyl (C=O) groups excluding carboxylic acids is 3. The smallest absolute Gasteiger partial charge is 0.475 e. The van der Waals surface area contributed by atoms with Crippen molar-refractivity contribution in [3.8, 4) is 28.7 Å². The quantitative estimate of drug-likeness (QED) is 0.0123. The minimum atomic E-state index is -4.82. The lowest BCUT2D eigenvalue weighted by atomic mass is 9.80. The van der Waals surface area contributed by atoms with Crippen molar-refractivity contribution >= 4 is 51.1 Å². The van der Waals surface area contributed by atoms with Crippen LogP contribution in [0.4, 0.5) is 5.82 Å².